The van der Waals surface area contributed by atoms with Crippen LogP contribution >= 0.6 is 11.8 Å². The Balaban J connectivity index is 2.27. The number of hydrogen-bond acceptors (Lipinski definition) is 4. The fourth-order valence-electron chi connectivity index (χ4n) is 0.828. The maximum atomic E-state index is 11.0. The molecule has 14 heavy (non-hydrogen) atoms. The van der Waals surface area contributed by atoms with E-state index in [4.69, 9.17) is 0 Å². The topological polar surface area (TPSA) is 43.4 Å². The summed E-state index contributed by atoms with van der Waals surface area (Å²) >= 11 is 1.39. The maximum absolute atomic E-state index is 11.0. The Hall–Kier alpha value is -1.29. The van der Waals surface area contributed by atoms with Gasteiger partial charge in [0.05, 0.1) is 5.75 Å². The van der Waals surface area contributed by atoms with Crippen LogP contribution in [0.2, 0.25) is 0 Å². The summed E-state index contributed by atoms with van der Waals surface area (Å²) in [7, 11) is 0. The Morgan fingerprint density at radius 2 is 2.07 bits per heavy atom. The number of rotatable bonds is 5. The van der Waals surface area contributed by atoms with Crippen molar-refractivity contribution in [1.82, 2.24) is 0 Å². The standard InChI is InChI=1S/C10H10O3S/c11-6-7-13-10(12)8-14-9-4-2-1-3-5-9/h1-6H,7-8H2. The van der Waals surface area contributed by atoms with Gasteiger partial charge in [-0.15, -0.1) is 11.8 Å². The van der Waals surface area contributed by atoms with Gasteiger partial charge in [0.25, 0.3) is 0 Å². The first-order chi connectivity index (χ1) is 6.83. The molecule has 0 saturated heterocycles. The third-order valence-corrected chi connectivity index (χ3v) is 2.40. The van der Waals surface area contributed by atoms with E-state index in [1.807, 2.05) is 30.3 Å². The first-order valence-electron chi connectivity index (χ1n) is 4.10. The lowest BCUT2D eigenvalue weighted by Crippen LogP contribution is -2.08. The molecule has 4 heteroatoms. The second-order valence-corrected chi connectivity index (χ2v) is 3.50. The van der Waals surface area contributed by atoms with Crippen molar-refractivity contribution in [1.29, 1.82) is 0 Å². The summed E-state index contributed by atoms with van der Waals surface area (Å²) in [5, 5.41) is 0. The van der Waals surface area contributed by atoms with Gasteiger partial charge in [0.1, 0.15) is 6.61 Å². The number of carbonyl (C=O) groups is 2. The molecule has 0 amide bonds. The van der Waals surface area contributed by atoms with Gasteiger partial charge < -0.3 is 4.74 Å². The van der Waals surface area contributed by atoms with Crippen LogP contribution in [0.5, 0.6) is 0 Å². The fraction of sp³-hybridized carbons (Fsp3) is 0.200. The lowest BCUT2D eigenvalue weighted by atomic mass is 10.4. The molecule has 0 aliphatic rings. The van der Waals surface area contributed by atoms with Crippen LogP contribution in [0.4, 0.5) is 0 Å². The maximum Gasteiger partial charge on any atom is 0.316 e. The molecule has 0 atom stereocenters. The van der Waals surface area contributed by atoms with Gasteiger partial charge in [-0.1, -0.05) is 18.2 Å². The molecule has 0 saturated carbocycles. The van der Waals surface area contributed by atoms with E-state index in [1.54, 1.807) is 0 Å². The molecule has 74 valence electrons. The van der Waals surface area contributed by atoms with Crippen LogP contribution in [0.25, 0.3) is 0 Å². The molecule has 0 fully saturated rings. The molecule has 0 aliphatic heterocycles. The minimum absolute atomic E-state index is 0.159. The fourth-order valence-corrected chi connectivity index (χ4v) is 1.55. The summed E-state index contributed by atoms with van der Waals surface area (Å²) in [4.78, 5) is 21.9. The molecule has 0 aromatic heterocycles. The van der Waals surface area contributed by atoms with Crippen molar-refractivity contribution in [2.45, 2.75) is 4.90 Å². The molecule has 0 aliphatic carbocycles. The zero-order valence-corrected chi connectivity index (χ0v) is 8.33. The minimum atomic E-state index is -0.369. The SMILES string of the molecule is O=CCOC(=O)CSc1ccccc1. The zero-order chi connectivity index (χ0) is 10.2. The number of esters is 1. The zero-order valence-electron chi connectivity index (χ0n) is 7.51. The van der Waals surface area contributed by atoms with E-state index in [2.05, 4.69) is 4.74 Å². The summed E-state index contributed by atoms with van der Waals surface area (Å²) in [5.41, 5.74) is 0. The Kier molecular flexibility index (Phi) is 4.78. The predicted octanol–water partition coefficient (Wildman–Crippen LogP) is 1.52. The van der Waals surface area contributed by atoms with Crippen molar-refractivity contribution in [3.05, 3.63) is 30.3 Å². The van der Waals surface area contributed by atoms with E-state index in [9.17, 15) is 9.59 Å². The van der Waals surface area contributed by atoms with Gasteiger partial charge in [0.15, 0.2) is 6.29 Å². The molecule has 0 N–H and O–H groups in total. The van der Waals surface area contributed by atoms with E-state index in [0.717, 1.165) is 4.90 Å². The highest BCUT2D eigenvalue weighted by Gasteiger charge is 2.02. The molecule has 1 aromatic rings. The van der Waals surface area contributed by atoms with Crippen LogP contribution < -0.4 is 0 Å². The summed E-state index contributed by atoms with van der Waals surface area (Å²) < 4.78 is 4.59. The highest BCUT2D eigenvalue weighted by atomic mass is 32.2. The van der Waals surface area contributed by atoms with Crippen molar-refractivity contribution in [3.63, 3.8) is 0 Å². The average molecular weight is 210 g/mol. The molecule has 1 rings (SSSR count). The van der Waals surface area contributed by atoms with Gasteiger partial charge in [-0.2, -0.15) is 0 Å². The first kappa shape index (κ1) is 10.8. The molecular weight excluding hydrogens is 200 g/mol. The van der Waals surface area contributed by atoms with E-state index in [-0.39, 0.29) is 18.3 Å². The predicted molar refractivity (Wildman–Crippen MR) is 54.2 cm³/mol. The van der Waals surface area contributed by atoms with Crippen molar-refractivity contribution in [2.24, 2.45) is 0 Å². The van der Waals surface area contributed by atoms with E-state index in [0.29, 0.717) is 6.29 Å². The molecule has 1 aromatic carbocycles. The normalized spacial score (nSPS) is 9.43. The van der Waals surface area contributed by atoms with E-state index < -0.39 is 0 Å². The quantitative estimate of drug-likeness (QED) is 0.420. The highest BCUT2D eigenvalue weighted by Crippen LogP contribution is 2.16. The Morgan fingerprint density at radius 3 is 2.71 bits per heavy atom. The molecular formula is C10H10O3S. The lowest BCUT2D eigenvalue weighted by molar-refractivity contribution is -0.142. The first-order valence-corrected chi connectivity index (χ1v) is 5.08. The summed E-state index contributed by atoms with van der Waals surface area (Å²) in [5.74, 6) is -0.136. The summed E-state index contributed by atoms with van der Waals surface area (Å²) in [6.45, 7) is -0.159. The van der Waals surface area contributed by atoms with Crippen LogP contribution in [0.3, 0.4) is 0 Å². The van der Waals surface area contributed by atoms with Crippen LogP contribution in [-0.4, -0.2) is 24.6 Å². The largest absolute Gasteiger partial charge is 0.457 e. The van der Waals surface area contributed by atoms with Crippen molar-refractivity contribution in [2.75, 3.05) is 12.4 Å². The van der Waals surface area contributed by atoms with Gasteiger partial charge in [-0.05, 0) is 12.1 Å². The number of aldehydes is 1. The number of hydrogen-bond donors (Lipinski definition) is 0. The number of carbonyl (C=O) groups excluding carboxylic acids is 2. The van der Waals surface area contributed by atoms with E-state index >= 15 is 0 Å². The molecule has 0 bridgehead atoms. The van der Waals surface area contributed by atoms with Crippen molar-refractivity contribution >= 4 is 24.0 Å². The monoisotopic (exact) mass is 210 g/mol. The summed E-state index contributed by atoms with van der Waals surface area (Å²) in [6, 6.07) is 9.54. The Bertz CT molecular complexity index is 297. The Morgan fingerprint density at radius 1 is 1.36 bits per heavy atom. The highest BCUT2D eigenvalue weighted by molar-refractivity contribution is 8.00. The molecule has 0 radical (unpaired) electrons. The second kappa shape index (κ2) is 6.21. The molecule has 0 spiro atoms. The average Bonchev–Trinajstić information content (AvgIpc) is 2.25. The van der Waals surface area contributed by atoms with Crippen LogP contribution in [0.1, 0.15) is 0 Å². The third kappa shape index (κ3) is 4.09. The smallest absolute Gasteiger partial charge is 0.316 e. The van der Waals surface area contributed by atoms with Crippen molar-refractivity contribution in [3.8, 4) is 0 Å². The van der Waals surface area contributed by atoms with Crippen molar-refractivity contribution < 1.29 is 14.3 Å². The van der Waals surface area contributed by atoms with Gasteiger partial charge in [0.2, 0.25) is 0 Å². The van der Waals surface area contributed by atoms with Gasteiger partial charge in [-0.3, -0.25) is 9.59 Å². The lowest BCUT2D eigenvalue weighted by Gasteiger charge is -2.00. The minimum Gasteiger partial charge on any atom is -0.457 e. The van der Waals surface area contributed by atoms with Crippen LogP contribution in [0, 0.1) is 0 Å². The van der Waals surface area contributed by atoms with Gasteiger partial charge in [-0.25, -0.2) is 0 Å². The summed E-state index contributed by atoms with van der Waals surface area (Å²) in [6.07, 6.45) is 0.561. The number of ether oxygens (including phenoxy) is 1. The van der Waals surface area contributed by atoms with Gasteiger partial charge in [0, 0.05) is 4.90 Å². The number of benzene rings is 1. The molecule has 0 unspecified atom stereocenters. The van der Waals surface area contributed by atoms with E-state index in [1.165, 1.54) is 11.8 Å². The van der Waals surface area contributed by atoms with Crippen LogP contribution in [-0.2, 0) is 14.3 Å². The Labute approximate surface area is 86.5 Å². The second-order valence-electron chi connectivity index (χ2n) is 2.45. The van der Waals surface area contributed by atoms with Gasteiger partial charge >= 0.3 is 5.97 Å². The molecule has 0 heterocycles. The van der Waals surface area contributed by atoms with Crippen LogP contribution in [0.15, 0.2) is 35.2 Å². The number of thioether (sulfide) groups is 1. The molecule has 3 nitrogen and oxygen atoms in total. The third-order valence-electron chi connectivity index (χ3n) is 1.41.